The molecule has 1 heterocycles. The Kier molecular flexibility index (Phi) is 3.32. The van der Waals surface area contributed by atoms with Crippen LogP contribution in [0.4, 0.5) is 5.69 Å². The summed E-state index contributed by atoms with van der Waals surface area (Å²) in [4.78, 5) is 4.04. The van der Waals surface area contributed by atoms with Crippen LogP contribution in [-0.4, -0.2) is 4.98 Å². The van der Waals surface area contributed by atoms with E-state index in [0.29, 0.717) is 22.2 Å². The van der Waals surface area contributed by atoms with Crippen LogP contribution < -0.4 is 5.73 Å². The van der Waals surface area contributed by atoms with E-state index in [2.05, 4.69) is 4.98 Å². The van der Waals surface area contributed by atoms with E-state index in [1.165, 1.54) is 0 Å². The molecular weight excluding hydrogens is 243 g/mol. The van der Waals surface area contributed by atoms with Gasteiger partial charge in [-0.15, -0.1) is 0 Å². The Morgan fingerprint density at radius 2 is 1.94 bits per heavy atom. The molecule has 0 aliphatic heterocycles. The SMILES string of the molecule is Nc1ccncc1Cc1cc(Cl)ccc1Cl. The first-order valence-electron chi connectivity index (χ1n) is 4.79. The number of nitrogens with two attached hydrogens (primary N) is 1. The topological polar surface area (TPSA) is 38.9 Å². The summed E-state index contributed by atoms with van der Waals surface area (Å²) < 4.78 is 0. The van der Waals surface area contributed by atoms with E-state index in [1.54, 1.807) is 30.6 Å². The molecule has 1 aromatic heterocycles. The second-order valence-corrected chi connectivity index (χ2v) is 4.33. The van der Waals surface area contributed by atoms with Crippen molar-refractivity contribution in [3.05, 3.63) is 57.8 Å². The Bertz CT molecular complexity index is 512. The van der Waals surface area contributed by atoms with Crippen molar-refractivity contribution in [2.45, 2.75) is 6.42 Å². The van der Waals surface area contributed by atoms with E-state index >= 15 is 0 Å². The molecular formula is C12H10Cl2N2. The average Bonchev–Trinajstić information content (AvgIpc) is 2.27. The van der Waals surface area contributed by atoms with Gasteiger partial charge in [-0.3, -0.25) is 4.98 Å². The minimum atomic E-state index is 0.638. The van der Waals surface area contributed by atoms with Crippen molar-refractivity contribution >= 4 is 28.9 Å². The van der Waals surface area contributed by atoms with Crippen molar-refractivity contribution < 1.29 is 0 Å². The molecule has 0 saturated carbocycles. The molecule has 0 amide bonds. The lowest BCUT2D eigenvalue weighted by Gasteiger charge is -2.07. The summed E-state index contributed by atoms with van der Waals surface area (Å²) in [6.07, 6.45) is 4.05. The van der Waals surface area contributed by atoms with E-state index in [1.807, 2.05) is 6.07 Å². The summed E-state index contributed by atoms with van der Waals surface area (Å²) in [6.45, 7) is 0. The highest BCUT2D eigenvalue weighted by Gasteiger charge is 2.05. The summed E-state index contributed by atoms with van der Waals surface area (Å²) in [7, 11) is 0. The molecule has 82 valence electrons. The zero-order valence-electron chi connectivity index (χ0n) is 8.45. The van der Waals surface area contributed by atoms with Crippen LogP contribution in [-0.2, 0) is 6.42 Å². The number of benzene rings is 1. The van der Waals surface area contributed by atoms with Gasteiger partial charge in [0, 0.05) is 34.5 Å². The Morgan fingerprint density at radius 1 is 1.12 bits per heavy atom. The van der Waals surface area contributed by atoms with Crippen LogP contribution >= 0.6 is 23.2 Å². The van der Waals surface area contributed by atoms with Gasteiger partial charge in [0.2, 0.25) is 0 Å². The Hall–Kier alpha value is -1.25. The molecule has 16 heavy (non-hydrogen) atoms. The maximum Gasteiger partial charge on any atom is 0.0442 e. The molecule has 0 atom stereocenters. The fourth-order valence-electron chi connectivity index (χ4n) is 1.47. The summed E-state index contributed by atoms with van der Waals surface area (Å²) >= 11 is 12.0. The summed E-state index contributed by atoms with van der Waals surface area (Å²) in [6, 6.07) is 7.16. The molecule has 0 radical (unpaired) electrons. The first-order chi connectivity index (χ1) is 7.66. The van der Waals surface area contributed by atoms with Crippen molar-refractivity contribution in [2.24, 2.45) is 0 Å². The van der Waals surface area contributed by atoms with Crippen LogP contribution in [0.25, 0.3) is 0 Å². The summed E-state index contributed by atoms with van der Waals surface area (Å²) in [5.74, 6) is 0. The third-order valence-electron chi connectivity index (χ3n) is 2.33. The molecule has 0 aliphatic rings. The van der Waals surface area contributed by atoms with E-state index in [-0.39, 0.29) is 0 Å². The van der Waals surface area contributed by atoms with Gasteiger partial charge in [-0.2, -0.15) is 0 Å². The molecule has 1 aromatic carbocycles. The van der Waals surface area contributed by atoms with E-state index in [0.717, 1.165) is 11.1 Å². The molecule has 2 rings (SSSR count). The maximum atomic E-state index is 6.08. The highest BCUT2D eigenvalue weighted by atomic mass is 35.5. The second-order valence-electron chi connectivity index (χ2n) is 3.49. The molecule has 4 heteroatoms. The monoisotopic (exact) mass is 252 g/mol. The van der Waals surface area contributed by atoms with Gasteiger partial charge in [0.1, 0.15) is 0 Å². The average molecular weight is 253 g/mol. The summed E-state index contributed by atoms with van der Waals surface area (Å²) in [5, 5.41) is 1.36. The number of rotatable bonds is 2. The molecule has 0 spiro atoms. The predicted octanol–water partition coefficient (Wildman–Crippen LogP) is 3.56. The lowest BCUT2D eigenvalue weighted by atomic mass is 10.1. The fraction of sp³-hybridized carbons (Fsp3) is 0.0833. The normalized spacial score (nSPS) is 10.4. The number of anilines is 1. The molecule has 2 aromatic rings. The Balaban J connectivity index is 2.34. The fourth-order valence-corrected chi connectivity index (χ4v) is 1.85. The van der Waals surface area contributed by atoms with Crippen molar-refractivity contribution in [1.29, 1.82) is 0 Å². The van der Waals surface area contributed by atoms with Crippen LogP contribution in [0, 0.1) is 0 Å². The standard InChI is InChI=1S/C12H10Cl2N2/c13-10-1-2-11(14)8(6-10)5-9-7-16-4-3-12(9)15/h1-4,6-7H,5H2,(H2,15,16). The van der Waals surface area contributed by atoms with Crippen molar-refractivity contribution in [3.8, 4) is 0 Å². The first kappa shape index (κ1) is 11.2. The molecule has 2 nitrogen and oxygen atoms in total. The number of hydrogen-bond acceptors (Lipinski definition) is 2. The molecule has 0 aliphatic carbocycles. The Morgan fingerprint density at radius 3 is 2.69 bits per heavy atom. The first-order valence-corrected chi connectivity index (χ1v) is 5.54. The number of aromatic nitrogens is 1. The van der Waals surface area contributed by atoms with Gasteiger partial charge in [0.05, 0.1) is 0 Å². The van der Waals surface area contributed by atoms with Crippen LogP contribution in [0.3, 0.4) is 0 Å². The van der Waals surface area contributed by atoms with Gasteiger partial charge >= 0.3 is 0 Å². The third kappa shape index (κ3) is 2.46. The summed E-state index contributed by atoms with van der Waals surface area (Å²) in [5.41, 5.74) is 8.46. The molecule has 0 unspecified atom stereocenters. The van der Waals surface area contributed by atoms with E-state index < -0.39 is 0 Å². The lowest BCUT2D eigenvalue weighted by Crippen LogP contribution is -1.97. The van der Waals surface area contributed by atoms with Crippen LogP contribution in [0.1, 0.15) is 11.1 Å². The minimum absolute atomic E-state index is 0.638. The van der Waals surface area contributed by atoms with Gasteiger partial charge in [0.25, 0.3) is 0 Å². The number of hydrogen-bond donors (Lipinski definition) is 1. The van der Waals surface area contributed by atoms with E-state index in [4.69, 9.17) is 28.9 Å². The zero-order valence-corrected chi connectivity index (χ0v) is 9.96. The second kappa shape index (κ2) is 4.73. The largest absolute Gasteiger partial charge is 0.398 e. The highest BCUT2D eigenvalue weighted by molar-refractivity contribution is 6.33. The zero-order chi connectivity index (χ0) is 11.5. The number of nitrogen functional groups attached to an aromatic ring is 1. The maximum absolute atomic E-state index is 6.08. The number of pyridine rings is 1. The van der Waals surface area contributed by atoms with Gasteiger partial charge in [0.15, 0.2) is 0 Å². The van der Waals surface area contributed by atoms with E-state index in [9.17, 15) is 0 Å². The van der Waals surface area contributed by atoms with Crippen LogP contribution in [0.2, 0.25) is 10.0 Å². The van der Waals surface area contributed by atoms with Crippen molar-refractivity contribution in [2.75, 3.05) is 5.73 Å². The van der Waals surface area contributed by atoms with Gasteiger partial charge in [-0.05, 0) is 35.4 Å². The van der Waals surface area contributed by atoms with Gasteiger partial charge in [-0.1, -0.05) is 23.2 Å². The third-order valence-corrected chi connectivity index (χ3v) is 2.93. The molecule has 0 bridgehead atoms. The van der Waals surface area contributed by atoms with Gasteiger partial charge in [-0.25, -0.2) is 0 Å². The minimum Gasteiger partial charge on any atom is -0.398 e. The molecule has 0 fully saturated rings. The number of nitrogens with zero attached hydrogens (tertiary/aromatic N) is 1. The van der Waals surface area contributed by atoms with Gasteiger partial charge < -0.3 is 5.73 Å². The molecule has 0 saturated heterocycles. The number of halogens is 2. The predicted molar refractivity (Wildman–Crippen MR) is 67.9 cm³/mol. The highest BCUT2D eigenvalue weighted by Crippen LogP contribution is 2.24. The lowest BCUT2D eigenvalue weighted by molar-refractivity contribution is 1.15. The Labute approximate surface area is 104 Å². The van der Waals surface area contributed by atoms with Crippen molar-refractivity contribution in [3.63, 3.8) is 0 Å². The quantitative estimate of drug-likeness (QED) is 0.888. The smallest absolute Gasteiger partial charge is 0.0442 e. The molecule has 2 N–H and O–H groups in total. The van der Waals surface area contributed by atoms with Crippen molar-refractivity contribution in [1.82, 2.24) is 4.98 Å². The van der Waals surface area contributed by atoms with Crippen LogP contribution in [0.15, 0.2) is 36.7 Å². The van der Waals surface area contributed by atoms with Crippen LogP contribution in [0.5, 0.6) is 0 Å².